The number of hydrogen-bond acceptors (Lipinski definition) is 2. The first kappa shape index (κ1) is 13.9. The summed E-state index contributed by atoms with van der Waals surface area (Å²) in [5, 5.41) is 0. The Morgan fingerprint density at radius 1 is 1.35 bits per heavy atom. The van der Waals surface area contributed by atoms with E-state index in [1.807, 2.05) is 45.9 Å². The molecular weight excluding hydrogens is 234 g/mol. The Labute approximate surface area is 106 Å². The average Bonchev–Trinajstić information content (AvgIpc) is 2.25. The van der Waals surface area contributed by atoms with Crippen molar-refractivity contribution >= 4 is 17.2 Å². The van der Waals surface area contributed by atoms with Crippen LogP contribution in [0.25, 0.3) is 0 Å². The van der Waals surface area contributed by atoms with E-state index in [-0.39, 0.29) is 4.75 Å². The Kier molecular flexibility index (Phi) is 4.46. The van der Waals surface area contributed by atoms with Gasteiger partial charge in [0.2, 0.25) is 0 Å². The van der Waals surface area contributed by atoms with Crippen molar-refractivity contribution in [3.05, 3.63) is 29.3 Å². The molecule has 0 unspecified atom stereocenters. The highest BCUT2D eigenvalue weighted by molar-refractivity contribution is 7.85. The van der Waals surface area contributed by atoms with E-state index in [9.17, 15) is 4.21 Å². The zero-order chi connectivity index (χ0) is 13.1. The van der Waals surface area contributed by atoms with Gasteiger partial charge in [-0.15, -0.1) is 0 Å². The Morgan fingerprint density at radius 3 is 2.53 bits per heavy atom. The second-order valence-corrected chi connectivity index (χ2v) is 6.72. The molecule has 0 aliphatic carbocycles. The lowest BCUT2D eigenvalue weighted by Gasteiger charge is -2.13. The summed E-state index contributed by atoms with van der Waals surface area (Å²) in [5.41, 5.74) is 1.94. The first-order valence-electron chi connectivity index (χ1n) is 5.46. The topological polar surface area (TPSA) is 38.7 Å². The predicted octanol–water partition coefficient (Wildman–Crippen LogP) is 2.88. The van der Waals surface area contributed by atoms with Gasteiger partial charge in [-0.05, 0) is 39.3 Å². The highest BCUT2D eigenvalue weighted by atomic mass is 32.2. The third kappa shape index (κ3) is 3.66. The van der Waals surface area contributed by atoms with Crippen molar-refractivity contribution in [2.45, 2.75) is 32.4 Å². The second-order valence-electron chi connectivity index (χ2n) is 4.79. The minimum atomic E-state index is -1.24. The lowest BCUT2D eigenvalue weighted by Crippen LogP contribution is -2.19. The summed E-state index contributed by atoms with van der Waals surface area (Å²) in [6.45, 7) is 7.67. The number of rotatable bonds is 3. The molecule has 1 aromatic rings. The largest absolute Gasteiger partial charge is 0.496 e. The Bertz CT molecular complexity index is 447. The summed E-state index contributed by atoms with van der Waals surface area (Å²) < 4.78 is 20.8. The predicted molar refractivity (Wildman–Crippen MR) is 73.2 cm³/mol. The molecule has 0 amide bonds. The highest BCUT2D eigenvalue weighted by Gasteiger charge is 2.18. The lowest BCUT2D eigenvalue weighted by atomic mass is 10.1. The maximum absolute atomic E-state index is 11.8. The van der Waals surface area contributed by atoms with E-state index in [2.05, 4.69) is 4.40 Å². The Morgan fingerprint density at radius 2 is 2.00 bits per heavy atom. The molecule has 4 heteroatoms. The van der Waals surface area contributed by atoms with E-state index in [1.165, 1.54) is 0 Å². The summed E-state index contributed by atoms with van der Waals surface area (Å²) in [6.07, 6.45) is 1.63. The molecule has 0 aliphatic rings. The third-order valence-electron chi connectivity index (χ3n) is 2.31. The zero-order valence-electron chi connectivity index (χ0n) is 11.0. The number of hydrogen-bond donors (Lipinski definition) is 0. The lowest BCUT2D eigenvalue weighted by molar-refractivity contribution is 0.414. The molecule has 1 rings (SSSR count). The molecule has 0 fully saturated rings. The molecule has 0 bridgehead atoms. The first-order chi connectivity index (χ1) is 7.86. The summed E-state index contributed by atoms with van der Waals surface area (Å²) >= 11 is 0. The number of nitrogens with zero attached hydrogens (tertiary/aromatic N) is 1. The van der Waals surface area contributed by atoms with Crippen molar-refractivity contribution < 1.29 is 8.95 Å². The summed E-state index contributed by atoms with van der Waals surface area (Å²) in [5.74, 6) is 0.750. The molecule has 3 nitrogen and oxygen atoms in total. The van der Waals surface area contributed by atoms with Gasteiger partial charge in [0.1, 0.15) is 16.7 Å². The van der Waals surface area contributed by atoms with E-state index in [1.54, 1.807) is 13.3 Å². The van der Waals surface area contributed by atoms with Crippen LogP contribution in [0.15, 0.2) is 22.6 Å². The molecule has 94 valence electrons. The van der Waals surface area contributed by atoms with Gasteiger partial charge in [0.05, 0.1) is 11.9 Å². The molecule has 0 saturated carbocycles. The molecule has 0 heterocycles. The Balaban J connectivity index is 3.03. The molecule has 0 radical (unpaired) electrons. The van der Waals surface area contributed by atoms with Crippen molar-refractivity contribution in [1.29, 1.82) is 0 Å². The van der Waals surface area contributed by atoms with E-state index in [4.69, 9.17) is 4.74 Å². The van der Waals surface area contributed by atoms with Crippen LogP contribution in [0.1, 0.15) is 31.9 Å². The maximum Gasteiger partial charge on any atom is 0.144 e. The zero-order valence-corrected chi connectivity index (χ0v) is 11.8. The molecule has 17 heavy (non-hydrogen) atoms. The highest BCUT2D eigenvalue weighted by Crippen LogP contribution is 2.20. The normalized spacial score (nSPS) is 13.9. The standard InChI is InChI=1S/C13H19NO2S/c1-10-7-6-8-12(16-5)11(10)9-14-17(15)13(2,3)4/h6-9H,1-5H3/b14-9+/t17-/m1/s1. The number of methoxy groups -OCH3 is 1. The van der Waals surface area contributed by atoms with Gasteiger partial charge in [-0.25, -0.2) is 4.21 Å². The van der Waals surface area contributed by atoms with Gasteiger partial charge < -0.3 is 4.74 Å². The number of aryl methyl sites for hydroxylation is 1. The van der Waals surface area contributed by atoms with E-state index >= 15 is 0 Å². The van der Waals surface area contributed by atoms with Gasteiger partial charge in [-0.2, -0.15) is 4.40 Å². The van der Waals surface area contributed by atoms with Gasteiger partial charge in [-0.1, -0.05) is 12.1 Å². The fourth-order valence-corrected chi connectivity index (χ4v) is 1.77. The SMILES string of the molecule is COc1cccc(C)c1/C=N/[S@](=O)C(C)(C)C. The molecule has 0 N–H and O–H groups in total. The van der Waals surface area contributed by atoms with E-state index < -0.39 is 11.0 Å². The van der Waals surface area contributed by atoms with Crippen molar-refractivity contribution in [1.82, 2.24) is 0 Å². The molecule has 0 spiro atoms. The van der Waals surface area contributed by atoms with Crippen LogP contribution >= 0.6 is 0 Å². The van der Waals surface area contributed by atoms with Crippen LogP contribution < -0.4 is 4.74 Å². The molecule has 1 atom stereocenters. The van der Waals surface area contributed by atoms with Crippen molar-refractivity contribution in [3.63, 3.8) is 0 Å². The molecule has 1 aromatic carbocycles. The smallest absolute Gasteiger partial charge is 0.144 e. The Hall–Kier alpha value is -1.16. The van der Waals surface area contributed by atoms with Crippen LogP contribution in [-0.2, 0) is 11.0 Å². The number of benzene rings is 1. The summed E-state index contributed by atoms with van der Waals surface area (Å²) in [7, 11) is 0.375. The van der Waals surface area contributed by atoms with Crippen LogP contribution in [-0.4, -0.2) is 22.3 Å². The minimum absolute atomic E-state index is 0.341. The van der Waals surface area contributed by atoms with Crippen LogP contribution in [0.5, 0.6) is 5.75 Å². The van der Waals surface area contributed by atoms with Gasteiger partial charge in [0.15, 0.2) is 0 Å². The van der Waals surface area contributed by atoms with Crippen molar-refractivity contribution in [3.8, 4) is 5.75 Å². The molecular formula is C13H19NO2S. The van der Waals surface area contributed by atoms with Gasteiger partial charge in [0, 0.05) is 11.8 Å². The number of ether oxygens (including phenoxy) is 1. The third-order valence-corrected chi connectivity index (χ3v) is 3.65. The summed E-state index contributed by atoms with van der Waals surface area (Å²) in [6, 6.07) is 5.77. The van der Waals surface area contributed by atoms with E-state index in [0.717, 1.165) is 16.9 Å². The van der Waals surface area contributed by atoms with Crippen molar-refractivity contribution in [2.24, 2.45) is 4.40 Å². The van der Waals surface area contributed by atoms with Crippen LogP contribution in [0.4, 0.5) is 0 Å². The first-order valence-corrected chi connectivity index (χ1v) is 6.56. The molecule has 0 saturated heterocycles. The van der Waals surface area contributed by atoms with Crippen LogP contribution in [0, 0.1) is 6.92 Å². The van der Waals surface area contributed by atoms with E-state index in [0.29, 0.717) is 0 Å². The van der Waals surface area contributed by atoms with Gasteiger partial charge >= 0.3 is 0 Å². The second kappa shape index (κ2) is 5.45. The van der Waals surface area contributed by atoms with Gasteiger partial charge in [0.25, 0.3) is 0 Å². The van der Waals surface area contributed by atoms with Gasteiger partial charge in [-0.3, -0.25) is 0 Å². The van der Waals surface area contributed by atoms with Crippen LogP contribution in [0.3, 0.4) is 0 Å². The quantitative estimate of drug-likeness (QED) is 0.777. The molecule has 0 aliphatic heterocycles. The summed E-state index contributed by atoms with van der Waals surface area (Å²) in [4.78, 5) is 0. The van der Waals surface area contributed by atoms with Crippen LogP contribution in [0.2, 0.25) is 0 Å². The van der Waals surface area contributed by atoms with Crippen molar-refractivity contribution in [2.75, 3.05) is 7.11 Å². The average molecular weight is 253 g/mol. The fourth-order valence-electron chi connectivity index (χ4n) is 1.26. The monoisotopic (exact) mass is 253 g/mol. The minimum Gasteiger partial charge on any atom is -0.496 e. The molecule has 0 aromatic heterocycles. The fraction of sp³-hybridized carbons (Fsp3) is 0.462. The maximum atomic E-state index is 11.8.